The molecule has 11 heteroatoms. The lowest BCUT2D eigenvalue weighted by Crippen LogP contribution is -2.39. The summed E-state index contributed by atoms with van der Waals surface area (Å²) >= 11 is 1.42. The number of alkyl halides is 3. The zero-order valence-electron chi connectivity index (χ0n) is 20.6. The number of sulfonamides is 1. The van der Waals surface area contributed by atoms with Gasteiger partial charge in [0.1, 0.15) is 0 Å². The minimum Gasteiger partial charge on any atom is -0.376 e. The van der Waals surface area contributed by atoms with E-state index in [0.29, 0.717) is 48.6 Å². The maximum Gasteiger partial charge on any atom is 0.416 e. The van der Waals surface area contributed by atoms with Crippen molar-refractivity contribution in [3.8, 4) is 0 Å². The van der Waals surface area contributed by atoms with Crippen LogP contribution in [0.4, 0.5) is 13.2 Å². The number of fused-ring (bicyclic) bond motifs is 1. The number of piperidine rings is 1. The van der Waals surface area contributed by atoms with Gasteiger partial charge in [-0.25, -0.2) is 13.4 Å². The highest BCUT2D eigenvalue weighted by Gasteiger charge is 2.31. The molecule has 37 heavy (non-hydrogen) atoms. The third-order valence-corrected chi connectivity index (χ3v) is 9.91. The number of imidazole rings is 1. The molecule has 3 aromatic rings. The van der Waals surface area contributed by atoms with Gasteiger partial charge >= 0.3 is 6.18 Å². The van der Waals surface area contributed by atoms with Gasteiger partial charge in [-0.2, -0.15) is 17.5 Å². The molecule has 0 aliphatic carbocycles. The number of nitrogens with zero attached hydrogens (tertiary/aromatic N) is 3. The van der Waals surface area contributed by atoms with Crippen molar-refractivity contribution < 1.29 is 26.3 Å². The van der Waals surface area contributed by atoms with Gasteiger partial charge in [0, 0.05) is 25.4 Å². The van der Waals surface area contributed by atoms with Gasteiger partial charge in [0.05, 0.1) is 34.1 Å². The molecular weight excluding hydrogens is 523 g/mol. The molecule has 3 heterocycles. The molecule has 2 atom stereocenters. The Morgan fingerprint density at radius 1 is 1.11 bits per heavy atom. The predicted molar refractivity (Wildman–Crippen MR) is 137 cm³/mol. The molecule has 1 aromatic heterocycles. The lowest BCUT2D eigenvalue weighted by molar-refractivity contribution is -0.137. The van der Waals surface area contributed by atoms with E-state index in [2.05, 4.69) is 6.92 Å². The largest absolute Gasteiger partial charge is 0.416 e. The molecule has 200 valence electrons. The van der Waals surface area contributed by atoms with Crippen molar-refractivity contribution in [3.63, 3.8) is 0 Å². The molecule has 0 spiro atoms. The van der Waals surface area contributed by atoms with Gasteiger partial charge in [-0.1, -0.05) is 30.8 Å². The van der Waals surface area contributed by atoms with Crippen LogP contribution in [0.3, 0.4) is 0 Å². The SMILES string of the molecule is C[C@@H]1CCCN(S(=O)(=O)c2ccc3c(c2)nc(SCc2ccc(C(F)(F)F)cc2)n3C[C@@H]2CCCO2)C1. The number of benzene rings is 2. The van der Waals surface area contributed by atoms with Crippen LogP contribution < -0.4 is 0 Å². The highest BCUT2D eigenvalue weighted by atomic mass is 32.2. The summed E-state index contributed by atoms with van der Waals surface area (Å²) in [6.07, 6.45) is -0.530. The summed E-state index contributed by atoms with van der Waals surface area (Å²) in [4.78, 5) is 5.00. The summed E-state index contributed by atoms with van der Waals surface area (Å²) in [7, 11) is -3.62. The minimum absolute atomic E-state index is 0.0427. The highest BCUT2D eigenvalue weighted by Crippen LogP contribution is 2.33. The van der Waals surface area contributed by atoms with Crippen molar-refractivity contribution in [2.24, 2.45) is 5.92 Å². The molecule has 2 aliphatic rings. The van der Waals surface area contributed by atoms with Crippen LogP contribution in [0.15, 0.2) is 52.5 Å². The number of ether oxygens (including phenoxy) is 1. The first-order valence-electron chi connectivity index (χ1n) is 12.5. The first-order valence-corrected chi connectivity index (χ1v) is 14.9. The third-order valence-electron chi connectivity index (χ3n) is 7.00. The van der Waals surface area contributed by atoms with Crippen molar-refractivity contribution in [3.05, 3.63) is 53.6 Å². The van der Waals surface area contributed by atoms with Crippen LogP contribution in [0.5, 0.6) is 0 Å². The zero-order valence-corrected chi connectivity index (χ0v) is 22.2. The van der Waals surface area contributed by atoms with E-state index < -0.39 is 21.8 Å². The number of hydrogen-bond donors (Lipinski definition) is 0. The normalized spacial score (nSPS) is 21.6. The minimum atomic E-state index is -4.37. The van der Waals surface area contributed by atoms with Gasteiger partial charge in [0.15, 0.2) is 5.16 Å². The molecule has 0 N–H and O–H groups in total. The number of halogens is 3. The van der Waals surface area contributed by atoms with E-state index in [1.165, 1.54) is 23.9 Å². The standard InChI is InChI=1S/C26H30F3N3O3S2/c1-18-4-2-12-31(15-18)37(33,34)22-10-11-24-23(14-22)30-25(32(24)16-21-5-3-13-35-21)36-17-19-6-8-20(9-7-19)26(27,28)29/h6-11,14,18,21H,2-5,12-13,15-17H2,1H3/t18-,21+/m1/s1. The maximum absolute atomic E-state index is 13.3. The second-order valence-electron chi connectivity index (χ2n) is 9.88. The molecule has 2 saturated heterocycles. The van der Waals surface area contributed by atoms with Crippen molar-refractivity contribution in [2.45, 2.75) is 67.2 Å². The van der Waals surface area contributed by atoms with Gasteiger partial charge in [0.2, 0.25) is 10.0 Å². The van der Waals surface area contributed by atoms with Crippen molar-refractivity contribution in [2.75, 3.05) is 19.7 Å². The summed E-state index contributed by atoms with van der Waals surface area (Å²) < 4.78 is 74.9. The number of hydrogen-bond acceptors (Lipinski definition) is 5. The Morgan fingerprint density at radius 2 is 1.89 bits per heavy atom. The van der Waals surface area contributed by atoms with E-state index in [1.54, 1.807) is 22.5 Å². The Bertz CT molecular complexity index is 1350. The van der Waals surface area contributed by atoms with Crippen LogP contribution in [0, 0.1) is 5.92 Å². The quantitative estimate of drug-likeness (QED) is 0.339. The van der Waals surface area contributed by atoms with Crippen LogP contribution >= 0.6 is 11.8 Å². The fraction of sp³-hybridized carbons (Fsp3) is 0.500. The van der Waals surface area contributed by atoms with Crippen LogP contribution in [-0.4, -0.2) is 48.1 Å². The van der Waals surface area contributed by atoms with E-state index in [0.717, 1.165) is 48.9 Å². The molecule has 5 rings (SSSR count). The molecule has 0 radical (unpaired) electrons. The number of rotatable bonds is 7. The second-order valence-corrected chi connectivity index (χ2v) is 12.8. The van der Waals surface area contributed by atoms with E-state index >= 15 is 0 Å². The molecular formula is C26H30F3N3O3S2. The molecule has 0 unspecified atom stereocenters. The van der Waals surface area contributed by atoms with Gasteiger partial charge in [-0.05, 0) is 67.5 Å². The van der Waals surface area contributed by atoms with Gasteiger partial charge in [-0.15, -0.1) is 0 Å². The molecule has 0 bridgehead atoms. The Morgan fingerprint density at radius 3 is 2.57 bits per heavy atom. The molecule has 0 amide bonds. The predicted octanol–water partition coefficient (Wildman–Crippen LogP) is 5.95. The second kappa shape index (κ2) is 10.6. The van der Waals surface area contributed by atoms with Crippen molar-refractivity contribution in [1.29, 1.82) is 0 Å². The average molecular weight is 554 g/mol. The molecule has 2 aromatic carbocycles. The first kappa shape index (κ1) is 26.5. The zero-order chi connectivity index (χ0) is 26.2. The average Bonchev–Trinajstić information content (AvgIpc) is 3.50. The van der Waals surface area contributed by atoms with E-state index in [-0.39, 0.29) is 11.0 Å². The fourth-order valence-electron chi connectivity index (χ4n) is 4.98. The van der Waals surface area contributed by atoms with Crippen LogP contribution in [-0.2, 0) is 33.2 Å². The maximum atomic E-state index is 13.3. The Labute approximate surface area is 219 Å². The highest BCUT2D eigenvalue weighted by molar-refractivity contribution is 7.98. The number of aromatic nitrogens is 2. The van der Waals surface area contributed by atoms with Gasteiger partial charge in [-0.3, -0.25) is 0 Å². The van der Waals surface area contributed by atoms with Gasteiger partial charge < -0.3 is 9.30 Å². The van der Waals surface area contributed by atoms with Crippen LogP contribution in [0.25, 0.3) is 11.0 Å². The van der Waals surface area contributed by atoms with E-state index in [1.807, 2.05) is 4.57 Å². The summed E-state index contributed by atoms with van der Waals surface area (Å²) in [5.41, 5.74) is 1.47. The summed E-state index contributed by atoms with van der Waals surface area (Å²) in [5.74, 6) is 0.759. The number of thioether (sulfide) groups is 1. The Hall–Kier alpha value is -2.08. The summed E-state index contributed by atoms with van der Waals surface area (Å²) in [6.45, 7) is 4.40. The lowest BCUT2D eigenvalue weighted by atomic mass is 10.0. The van der Waals surface area contributed by atoms with E-state index in [9.17, 15) is 21.6 Å². The molecule has 0 saturated carbocycles. The monoisotopic (exact) mass is 553 g/mol. The topological polar surface area (TPSA) is 64.4 Å². The molecule has 2 aliphatic heterocycles. The molecule has 2 fully saturated rings. The smallest absolute Gasteiger partial charge is 0.376 e. The Balaban J connectivity index is 1.43. The summed E-state index contributed by atoms with van der Waals surface area (Å²) in [5, 5.41) is 0.687. The van der Waals surface area contributed by atoms with E-state index in [4.69, 9.17) is 9.72 Å². The van der Waals surface area contributed by atoms with Crippen molar-refractivity contribution >= 4 is 32.8 Å². The third kappa shape index (κ3) is 5.84. The first-order chi connectivity index (χ1) is 17.6. The molecule has 6 nitrogen and oxygen atoms in total. The lowest BCUT2D eigenvalue weighted by Gasteiger charge is -2.30. The summed E-state index contributed by atoms with van der Waals surface area (Å²) in [6, 6.07) is 10.2. The van der Waals surface area contributed by atoms with Crippen LogP contribution in [0.2, 0.25) is 0 Å². The van der Waals surface area contributed by atoms with Gasteiger partial charge in [0.25, 0.3) is 0 Å². The fourth-order valence-corrected chi connectivity index (χ4v) is 7.58. The van der Waals surface area contributed by atoms with Crippen molar-refractivity contribution in [1.82, 2.24) is 13.9 Å². The Kier molecular flexibility index (Phi) is 7.59. The van der Waals surface area contributed by atoms with Crippen LogP contribution in [0.1, 0.15) is 43.7 Å².